The van der Waals surface area contributed by atoms with Gasteiger partial charge in [0.15, 0.2) is 5.78 Å². The van der Waals surface area contributed by atoms with Gasteiger partial charge in [-0.3, -0.25) is 9.59 Å². The molecule has 0 saturated heterocycles. The van der Waals surface area contributed by atoms with Crippen molar-refractivity contribution in [1.29, 1.82) is 0 Å². The Kier molecular flexibility index (Phi) is 4.88. The van der Waals surface area contributed by atoms with E-state index >= 15 is 0 Å². The summed E-state index contributed by atoms with van der Waals surface area (Å²) < 4.78 is 1.80. The maximum Gasteiger partial charge on any atom is 0.258 e. The number of aromatic nitrogens is 1. The highest BCUT2D eigenvalue weighted by Crippen LogP contribution is 2.39. The van der Waals surface area contributed by atoms with E-state index in [0.717, 1.165) is 42.6 Å². The van der Waals surface area contributed by atoms with Crippen LogP contribution in [0.15, 0.2) is 53.3 Å². The molecule has 0 bridgehead atoms. The Morgan fingerprint density at radius 2 is 1.56 bits per heavy atom. The molecule has 0 amide bonds. The Hall–Kier alpha value is -2.76. The number of benzene rings is 2. The van der Waals surface area contributed by atoms with Crippen LogP contribution in [-0.2, 0) is 6.54 Å². The molecule has 0 radical (unpaired) electrons. The Labute approximate surface area is 157 Å². The minimum Gasteiger partial charge on any atom is -0.329 e. The summed E-state index contributed by atoms with van der Waals surface area (Å²) in [5.74, 6) is 0.00941. The van der Waals surface area contributed by atoms with Gasteiger partial charge in [0.1, 0.15) is 0 Å². The Balaban J connectivity index is 1.79. The van der Waals surface area contributed by atoms with Crippen molar-refractivity contribution in [2.45, 2.75) is 19.4 Å². The lowest BCUT2D eigenvalue weighted by molar-refractivity contribution is 0.104. The van der Waals surface area contributed by atoms with Crippen LogP contribution in [-0.4, -0.2) is 30.0 Å². The van der Waals surface area contributed by atoms with Crippen LogP contribution in [0, 0.1) is 0 Å². The second-order valence-corrected chi connectivity index (χ2v) is 6.85. The number of rotatable bonds is 7. The van der Waals surface area contributed by atoms with Crippen molar-refractivity contribution in [2.24, 2.45) is 5.73 Å². The molecule has 1 aliphatic rings. The molecule has 27 heavy (non-hydrogen) atoms. The molecule has 4 rings (SSSR count). The Bertz CT molecular complexity index is 1070. The summed E-state index contributed by atoms with van der Waals surface area (Å²) in [5, 5.41) is 4.63. The largest absolute Gasteiger partial charge is 0.329 e. The zero-order chi connectivity index (χ0) is 18.8. The minimum absolute atomic E-state index is 0.00941. The fourth-order valence-electron chi connectivity index (χ4n) is 3.89. The smallest absolute Gasteiger partial charge is 0.258 e. The zero-order valence-electron chi connectivity index (χ0n) is 15.2. The number of nitrogens with one attached hydrogen (secondary N) is 1. The van der Waals surface area contributed by atoms with Gasteiger partial charge in [-0.1, -0.05) is 42.5 Å². The normalized spacial score (nSPS) is 12.4. The SMILES string of the molecule is NCCNCCCCn1c2c(c3ccccc3c1=O)C(=O)c1ccccc1-2. The van der Waals surface area contributed by atoms with Gasteiger partial charge in [-0.15, -0.1) is 0 Å². The molecular weight excluding hydrogens is 338 g/mol. The van der Waals surface area contributed by atoms with E-state index in [1.54, 1.807) is 4.57 Å². The summed E-state index contributed by atoms with van der Waals surface area (Å²) >= 11 is 0. The second-order valence-electron chi connectivity index (χ2n) is 6.85. The van der Waals surface area contributed by atoms with Crippen molar-refractivity contribution in [3.8, 4) is 11.3 Å². The first-order valence-electron chi connectivity index (χ1n) is 9.44. The number of nitrogens with two attached hydrogens (primary N) is 1. The number of fused-ring (bicyclic) bond motifs is 5. The molecular formula is C22H23N3O2. The van der Waals surface area contributed by atoms with Crippen LogP contribution in [0.3, 0.4) is 0 Å². The third-order valence-corrected chi connectivity index (χ3v) is 5.14. The molecule has 0 saturated carbocycles. The lowest BCUT2D eigenvalue weighted by atomic mass is 10.0. The number of hydrogen-bond donors (Lipinski definition) is 2. The summed E-state index contributed by atoms with van der Waals surface area (Å²) in [5.41, 5.74) is 8.44. The second kappa shape index (κ2) is 7.47. The molecule has 2 aromatic carbocycles. The first kappa shape index (κ1) is 17.6. The van der Waals surface area contributed by atoms with Gasteiger partial charge >= 0.3 is 0 Å². The van der Waals surface area contributed by atoms with Crippen LogP contribution in [0.25, 0.3) is 22.0 Å². The van der Waals surface area contributed by atoms with Crippen molar-refractivity contribution < 1.29 is 4.79 Å². The summed E-state index contributed by atoms with van der Waals surface area (Å²) in [4.78, 5) is 26.3. The summed E-state index contributed by atoms with van der Waals surface area (Å²) in [6.45, 7) is 2.89. The number of carbonyl (C=O) groups is 1. The lowest BCUT2D eigenvalue weighted by Gasteiger charge is -2.15. The van der Waals surface area contributed by atoms with Crippen molar-refractivity contribution in [3.05, 3.63) is 70.0 Å². The number of unbranched alkanes of at least 4 members (excludes halogenated alkanes) is 1. The van der Waals surface area contributed by atoms with Gasteiger partial charge in [-0.2, -0.15) is 0 Å². The molecule has 3 N–H and O–H groups in total. The van der Waals surface area contributed by atoms with Gasteiger partial charge in [-0.05, 0) is 25.5 Å². The van der Waals surface area contributed by atoms with Gasteiger partial charge in [0, 0.05) is 41.5 Å². The number of carbonyl (C=O) groups excluding carboxylic acids is 1. The van der Waals surface area contributed by atoms with Gasteiger partial charge in [0.05, 0.1) is 11.3 Å². The zero-order valence-corrected chi connectivity index (χ0v) is 15.2. The fourth-order valence-corrected chi connectivity index (χ4v) is 3.89. The lowest BCUT2D eigenvalue weighted by Crippen LogP contribution is -2.25. The third-order valence-electron chi connectivity index (χ3n) is 5.14. The van der Waals surface area contributed by atoms with Gasteiger partial charge < -0.3 is 15.6 Å². The molecule has 1 aromatic heterocycles. The van der Waals surface area contributed by atoms with E-state index in [9.17, 15) is 9.59 Å². The number of pyridine rings is 1. The van der Waals surface area contributed by atoms with E-state index in [1.807, 2.05) is 48.5 Å². The number of hydrogen-bond acceptors (Lipinski definition) is 4. The van der Waals surface area contributed by atoms with Crippen molar-refractivity contribution >= 4 is 16.6 Å². The monoisotopic (exact) mass is 361 g/mol. The fraction of sp³-hybridized carbons (Fsp3) is 0.273. The average molecular weight is 361 g/mol. The summed E-state index contributed by atoms with van der Waals surface area (Å²) in [6.07, 6.45) is 1.81. The number of nitrogens with zero attached hydrogens (tertiary/aromatic N) is 1. The van der Waals surface area contributed by atoms with Gasteiger partial charge in [0.25, 0.3) is 5.56 Å². The highest BCUT2D eigenvalue weighted by molar-refractivity contribution is 6.26. The van der Waals surface area contributed by atoms with Crippen molar-refractivity contribution in [2.75, 3.05) is 19.6 Å². The Morgan fingerprint density at radius 3 is 2.33 bits per heavy atom. The molecule has 5 heteroatoms. The minimum atomic E-state index is -0.0243. The van der Waals surface area contributed by atoms with Gasteiger partial charge in [0.2, 0.25) is 0 Å². The van der Waals surface area contributed by atoms with E-state index in [-0.39, 0.29) is 11.3 Å². The van der Waals surface area contributed by atoms with Crippen LogP contribution in [0.1, 0.15) is 28.8 Å². The van der Waals surface area contributed by atoms with E-state index in [4.69, 9.17) is 5.73 Å². The Morgan fingerprint density at radius 1 is 0.852 bits per heavy atom. The molecule has 0 atom stereocenters. The first-order chi connectivity index (χ1) is 13.2. The molecule has 0 fully saturated rings. The maximum absolute atomic E-state index is 13.2. The first-order valence-corrected chi connectivity index (χ1v) is 9.44. The van der Waals surface area contributed by atoms with Gasteiger partial charge in [-0.25, -0.2) is 0 Å². The van der Waals surface area contributed by atoms with Crippen LogP contribution in [0.2, 0.25) is 0 Å². The highest BCUT2D eigenvalue weighted by Gasteiger charge is 2.31. The van der Waals surface area contributed by atoms with Crippen molar-refractivity contribution in [1.82, 2.24) is 9.88 Å². The molecule has 0 spiro atoms. The molecule has 5 nitrogen and oxygen atoms in total. The van der Waals surface area contributed by atoms with E-state index in [0.29, 0.717) is 29.6 Å². The quantitative estimate of drug-likeness (QED) is 0.496. The average Bonchev–Trinajstić information content (AvgIpc) is 3.00. The molecule has 138 valence electrons. The van der Waals surface area contributed by atoms with E-state index in [1.165, 1.54) is 0 Å². The standard InChI is InChI=1S/C22H23N3O2/c23-11-13-24-12-5-6-14-25-20-16-8-2-3-9-17(16)21(26)19(20)15-7-1-4-10-18(15)22(25)27/h1-4,7-10,24H,5-6,11-14,23H2. The van der Waals surface area contributed by atoms with Crippen LogP contribution in [0.5, 0.6) is 0 Å². The summed E-state index contributed by atoms with van der Waals surface area (Å²) in [6, 6.07) is 15.0. The topological polar surface area (TPSA) is 77.1 Å². The maximum atomic E-state index is 13.2. The predicted octanol–water partition coefficient (Wildman–Crippen LogP) is 2.54. The van der Waals surface area contributed by atoms with Crippen molar-refractivity contribution in [3.63, 3.8) is 0 Å². The van der Waals surface area contributed by atoms with E-state index < -0.39 is 0 Å². The molecule has 3 aromatic rings. The van der Waals surface area contributed by atoms with Crippen LogP contribution >= 0.6 is 0 Å². The predicted molar refractivity (Wildman–Crippen MR) is 108 cm³/mol. The summed E-state index contributed by atoms with van der Waals surface area (Å²) in [7, 11) is 0. The number of ketones is 1. The van der Waals surface area contributed by atoms with E-state index in [2.05, 4.69) is 5.32 Å². The third kappa shape index (κ3) is 2.99. The van der Waals surface area contributed by atoms with Crippen LogP contribution < -0.4 is 16.6 Å². The highest BCUT2D eigenvalue weighted by atomic mass is 16.1. The molecule has 1 aliphatic carbocycles. The molecule has 0 unspecified atom stereocenters. The molecule has 0 aliphatic heterocycles. The molecule has 1 heterocycles. The van der Waals surface area contributed by atoms with Crippen LogP contribution in [0.4, 0.5) is 0 Å².